The standard InChI is InChI=1S/C9H21NOSi/c1-4-6-9-7-8-12(9,11-3)10-5-2/h9-10H,4-8H2,1-3H3. The van der Waals surface area contributed by atoms with E-state index in [1.807, 2.05) is 7.11 Å². The summed E-state index contributed by atoms with van der Waals surface area (Å²) in [6, 6.07) is 1.32. The van der Waals surface area contributed by atoms with Crippen molar-refractivity contribution in [2.75, 3.05) is 13.7 Å². The summed E-state index contributed by atoms with van der Waals surface area (Å²) >= 11 is 0. The van der Waals surface area contributed by atoms with Crippen LogP contribution in [0, 0.1) is 0 Å². The summed E-state index contributed by atoms with van der Waals surface area (Å²) in [5, 5.41) is 0. The molecule has 1 rings (SSSR count). The average molecular weight is 187 g/mol. The minimum Gasteiger partial charge on any atom is -0.406 e. The van der Waals surface area contributed by atoms with Gasteiger partial charge in [0, 0.05) is 7.11 Å². The van der Waals surface area contributed by atoms with Crippen molar-refractivity contribution in [1.29, 1.82) is 0 Å². The van der Waals surface area contributed by atoms with Crippen LogP contribution in [0.3, 0.4) is 0 Å². The van der Waals surface area contributed by atoms with Gasteiger partial charge in [0.15, 0.2) is 0 Å². The molecular formula is C9H21NOSi. The molecule has 2 unspecified atom stereocenters. The van der Waals surface area contributed by atoms with Crippen molar-refractivity contribution in [1.82, 2.24) is 4.98 Å². The van der Waals surface area contributed by atoms with E-state index >= 15 is 0 Å². The van der Waals surface area contributed by atoms with Gasteiger partial charge in [-0.2, -0.15) is 0 Å². The third kappa shape index (κ3) is 1.73. The molecule has 0 amide bonds. The monoisotopic (exact) mass is 187 g/mol. The Bertz CT molecular complexity index is 138. The van der Waals surface area contributed by atoms with Gasteiger partial charge in [0.2, 0.25) is 0 Å². The fourth-order valence-electron chi connectivity index (χ4n) is 2.21. The summed E-state index contributed by atoms with van der Waals surface area (Å²) < 4.78 is 5.71. The van der Waals surface area contributed by atoms with Crippen molar-refractivity contribution < 1.29 is 4.43 Å². The summed E-state index contributed by atoms with van der Waals surface area (Å²) in [4.78, 5) is 3.60. The van der Waals surface area contributed by atoms with Crippen molar-refractivity contribution in [3.63, 3.8) is 0 Å². The minimum atomic E-state index is -1.42. The molecule has 2 atom stereocenters. The van der Waals surface area contributed by atoms with Crippen LogP contribution in [0.15, 0.2) is 0 Å². The smallest absolute Gasteiger partial charge is 0.271 e. The summed E-state index contributed by atoms with van der Waals surface area (Å²) in [6.07, 6.45) is 4.04. The third-order valence-corrected chi connectivity index (χ3v) is 7.61. The Balaban J connectivity index is 2.43. The van der Waals surface area contributed by atoms with E-state index in [4.69, 9.17) is 4.43 Å². The van der Waals surface area contributed by atoms with Gasteiger partial charge in [-0.1, -0.05) is 20.3 Å². The molecule has 2 nitrogen and oxygen atoms in total. The Morgan fingerprint density at radius 1 is 1.50 bits per heavy atom. The van der Waals surface area contributed by atoms with E-state index in [0.29, 0.717) is 0 Å². The molecule has 1 fully saturated rings. The zero-order valence-corrected chi connectivity index (χ0v) is 9.52. The van der Waals surface area contributed by atoms with Crippen LogP contribution >= 0.6 is 0 Å². The van der Waals surface area contributed by atoms with Crippen LogP contribution in [0.4, 0.5) is 0 Å². The normalized spacial score (nSPS) is 34.8. The average Bonchev–Trinajstić information content (AvgIpc) is 2.08. The number of nitrogens with one attached hydrogen (secondary N) is 1. The second-order valence-electron chi connectivity index (χ2n) is 3.65. The Morgan fingerprint density at radius 2 is 2.25 bits per heavy atom. The van der Waals surface area contributed by atoms with Crippen LogP contribution in [-0.2, 0) is 4.43 Å². The quantitative estimate of drug-likeness (QED) is 0.667. The molecule has 1 heterocycles. The lowest BCUT2D eigenvalue weighted by molar-refractivity contribution is 0.324. The van der Waals surface area contributed by atoms with Crippen LogP contribution in [0.25, 0.3) is 0 Å². The van der Waals surface area contributed by atoms with E-state index in [1.54, 1.807) is 0 Å². The first-order chi connectivity index (χ1) is 5.79. The molecule has 0 aromatic carbocycles. The molecule has 1 aliphatic rings. The zero-order valence-electron chi connectivity index (χ0n) is 8.52. The SMILES string of the molecule is CCCC1CC[Si]1(NCC)OC. The highest BCUT2D eigenvalue weighted by atomic mass is 28.4. The van der Waals surface area contributed by atoms with E-state index in [9.17, 15) is 0 Å². The fourth-order valence-corrected chi connectivity index (χ4v) is 5.93. The molecule has 0 radical (unpaired) electrons. The van der Waals surface area contributed by atoms with Crippen LogP contribution in [0.1, 0.15) is 33.1 Å². The Kier molecular flexibility index (Phi) is 3.74. The zero-order chi connectivity index (χ0) is 9.03. The predicted molar refractivity (Wildman–Crippen MR) is 54.5 cm³/mol. The molecule has 1 aliphatic heterocycles. The summed E-state index contributed by atoms with van der Waals surface area (Å²) in [7, 11) is 0.468. The van der Waals surface area contributed by atoms with Crippen LogP contribution in [0.5, 0.6) is 0 Å². The molecule has 0 bridgehead atoms. The molecule has 0 saturated carbocycles. The maximum atomic E-state index is 5.71. The van der Waals surface area contributed by atoms with E-state index in [1.165, 1.54) is 25.3 Å². The van der Waals surface area contributed by atoms with Gasteiger partial charge in [-0.3, -0.25) is 0 Å². The van der Waals surface area contributed by atoms with Gasteiger partial charge < -0.3 is 9.41 Å². The molecule has 12 heavy (non-hydrogen) atoms. The predicted octanol–water partition coefficient (Wildman–Crippen LogP) is 2.26. The first-order valence-electron chi connectivity index (χ1n) is 5.09. The maximum absolute atomic E-state index is 5.71. The number of hydrogen-bond donors (Lipinski definition) is 1. The van der Waals surface area contributed by atoms with Gasteiger partial charge in [-0.15, -0.1) is 0 Å². The third-order valence-electron chi connectivity index (χ3n) is 3.00. The Hall–Kier alpha value is 0.137. The Labute approximate surface area is 76.9 Å². The molecule has 0 spiro atoms. The van der Waals surface area contributed by atoms with Gasteiger partial charge in [0.25, 0.3) is 8.48 Å². The molecule has 1 saturated heterocycles. The maximum Gasteiger partial charge on any atom is 0.271 e. The molecule has 3 heteroatoms. The molecule has 72 valence electrons. The van der Waals surface area contributed by atoms with Crippen molar-refractivity contribution in [3.05, 3.63) is 0 Å². The number of hydrogen-bond acceptors (Lipinski definition) is 2. The Morgan fingerprint density at radius 3 is 2.58 bits per heavy atom. The summed E-state index contributed by atoms with van der Waals surface area (Å²) in [5.74, 6) is 0. The summed E-state index contributed by atoms with van der Waals surface area (Å²) in [5.41, 5.74) is 0.882. The largest absolute Gasteiger partial charge is 0.406 e. The highest BCUT2D eigenvalue weighted by Gasteiger charge is 2.49. The minimum absolute atomic E-state index is 0.882. The van der Waals surface area contributed by atoms with Crippen molar-refractivity contribution >= 4 is 8.48 Å². The van der Waals surface area contributed by atoms with E-state index < -0.39 is 8.48 Å². The molecular weight excluding hydrogens is 166 g/mol. The van der Waals surface area contributed by atoms with Crippen molar-refractivity contribution in [2.24, 2.45) is 0 Å². The van der Waals surface area contributed by atoms with E-state index in [-0.39, 0.29) is 0 Å². The molecule has 0 aromatic heterocycles. The van der Waals surface area contributed by atoms with Crippen LogP contribution < -0.4 is 4.98 Å². The fraction of sp³-hybridized carbons (Fsp3) is 1.00. The van der Waals surface area contributed by atoms with E-state index in [2.05, 4.69) is 18.8 Å². The lowest BCUT2D eigenvalue weighted by atomic mass is 10.2. The van der Waals surface area contributed by atoms with Gasteiger partial charge in [-0.25, -0.2) is 0 Å². The lowest BCUT2D eigenvalue weighted by Crippen LogP contribution is -2.62. The number of rotatable bonds is 5. The van der Waals surface area contributed by atoms with Gasteiger partial charge in [-0.05, 0) is 31.0 Å². The molecule has 0 aromatic rings. The first-order valence-corrected chi connectivity index (χ1v) is 7.28. The van der Waals surface area contributed by atoms with Gasteiger partial charge >= 0.3 is 0 Å². The van der Waals surface area contributed by atoms with Crippen molar-refractivity contribution in [2.45, 2.75) is 44.7 Å². The highest BCUT2D eigenvalue weighted by molar-refractivity contribution is 6.75. The second-order valence-corrected chi connectivity index (χ2v) is 7.51. The van der Waals surface area contributed by atoms with Gasteiger partial charge in [0.05, 0.1) is 0 Å². The molecule has 1 N–H and O–H groups in total. The van der Waals surface area contributed by atoms with Gasteiger partial charge in [0.1, 0.15) is 0 Å². The second kappa shape index (κ2) is 4.39. The lowest BCUT2D eigenvalue weighted by Gasteiger charge is -2.46. The first kappa shape index (κ1) is 10.2. The topological polar surface area (TPSA) is 21.3 Å². The molecule has 0 aliphatic carbocycles. The van der Waals surface area contributed by atoms with Crippen LogP contribution in [0.2, 0.25) is 11.6 Å². The van der Waals surface area contributed by atoms with Crippen molar-refractivity contribution in [3.8, 4) is 0 Å². The van der Waals surface area contributed by atoms with Crippen LogP contribution in [-0.4, -0.2) is 22.1 Å². The summed E-state index contributed by atoms with van der Waals surface area (Å²) in [6.45, 7) is 5.51. The highest BCUT2D eigenvalue weighted by Crippen LogP contribution is 2.44. The van der Waals surface area contributed by atoms with E-state index in [0.717, 1.165) is 12.1 Å².